The number of amides is 1. The standard InChI is InChI=1S/C16H10Cl5N3O2S/c17-9-6-5-8(7-10(9)18)22-15(25)26-13(16(19,20)21)24-14-23-11-3-1-2-4-12(11)27-14/h1-7,13H,(H,22,25)(H,23,24). The number of aromatic nitrogens is 1. The molecule has 1 aromatic heterocycles. The van der Waals surface area contributed by atoms with Gasteiger partial charge in [0.25, 0.3) is 0 Å². The van der Waals surface area contributed by atoms with Crippen molar-refractivity contribution in [2.75, 3.05) is 10.6 Å². The topological polar surface area (TPSA) is 63.2 Å². The minimum absolute atomic E-state index is 0.278. The second-order valence-corrected chi connectivity index (χ2v) is 9.43. The number of nitrogens with one attached hydrogen (secondary N) is 2. The highest BCUT2D eigenvalue weighted by Crippen LogP contribution is 2.35. The summed E-state index contributed by atoms with van der Waals surface area (Å²) >= 11 is 30.9. The molecule has 3 rings (SSSR count). The zero-order chi connectivity index (χ0) is 19.6. The van der Waals surface area contributed by atoms with Crippen LogP contribution in [0.3, 0.4) is 0 Å². The molecule has 0 bridgehead atoms. The predicted octanol–water partition coefficient (Wildman–Crippen LogP) is 6.96. The summed E-state index contributed by atoms with van der Waals surface area (Å²) < 4.78 is 4.22. The summed E-state index contributed by atoms with van der Waals surface area (Å²) in [4.78, 5) is 16.6. The van der Waals surface area contributed by atoms with E-state index in [0.717, 1.165) is 10.2 Å². The quantitative estimate of drug-likeness (QED) is 0.310. The fourth-order valence-electron chi connectivity index (χ4n) is 2.05. The van der Waals surface area contributed by atoms with Crippen molar-refractivity contribution in [3.05, 3.63) is 52.5 Å². The third-order valence-electron chi connectivity index (χ3n) is 3.24. The van der Waals surface area contributed by atoms with Gasteiger partial charge in [0, 0.05) is 5.69 Å². The van der Waals surface area contributed by atoms with Gasteiger partial charge < -0.3 is 10.1 Å². The van der Waals surface area contributed by atoms with Crippen LogP contribution in [0.15, 0.2) is 42.5 Å². The van der Waals surface area contributed by atoms with Gasteiger partial charge in [-0.1, -0.05) is 81.5 Å². The van der Waals surface area contributed by atoms with E-state index in [0.29, 0.717) is 15.8 Å². The summed E-state index contributed by atoms with van der Waals surface area (Å²) in [5, 5.41) is 6.39. The maximum atomic E-state index is 12.2. The Bertz CT molecular complexity index is 943. The number of ether oxygens (including phenoxy) is 1. The number of anilines is 2. The van der Waals surface area contributed by atoms with E-state index in [2.05, 4.69) is 15.6 Å². The van der Waals surface area contributed by atoms with E-state index in [1.807, 2.05) is 24.3 Å². The van der Waals surface area contributed by atoms with Crippen molar-refractivity contribution in [3.63, 3.8) is 0 Å². The van der Waals surface area contributed by atoms with Crippen LogP contribution in [-0.2, 0) is 4.74 Å². The Hall–Kier alpha value is -1.15. The number of rotatable bonds is 4. The lowest BCUT2D eigenvalue weighted by Crippen LogP contribution is -2.39. The zero-order valence-electron chi connectivity index (χ0n) is 13.2. The molecule has 2 N–H and O–H groups in total. The number of fused-ring (bicyclic) bond motifs is 1. The Labute approximate surface area is 183 Å². The van der Waals surface area contributed by atoms with E-state index in [9.17, 15) is 4.79 Å². The molecular formula is C16H10Cl5N3O2S. The van der Waals surface area contributed by atoms with Gasteiger partial charge in [0.15, 0.2) is 5.13 Å². The van der Waals surface area contributed by atoms with Crippen molar-refractivity contribution >= 4 is 96.5 Å². The summed E-state index contributed by atoms with van der Waals surface area (Å²) in [7, 11) is 0. The van der Waals surface area contributed by atoms with Crippen LogP contribution in [0.2, 0.25) is 10.0 Å². The first-order chi connectivity index (χ1) is 12.7. The maximum Gasteiger partial charge on any atom is 0.413 e. The number of hydrogen-bond acceptors (Lipinski definition) is 5. The molecule has 0 saturated carbocycles. The van der Waals surface area contributed by atoms with Crippen LogP contribution in [0.1, 0.15) is 0 Å². The first-order valence-corrected chi connectivity index (χ1v) is 10.0. The summed E-state index contributed by atoms with van der Waals surface area (Å²) in [5.74, 6) is 0. The van der Waals surface area contributed by atoms with Gasteiger partial charge in [-0.15, -0.1) is 0 Å². The van der Waals surface area contributed by atoms with Crippen LogP contribution in [0, 0.1) is 0 Å². The largest absolute Gasteiger partial charge is 0.421 e. The molecule has 142 valence electrons. The van der Waals surface area contributed by atoms with Gasteiger partial charge in [0.1, 0.15) is 0 Å². The first-order valence-electron chi connectivity index (χ1n) is 7.34. The SMILES string of the molecule is O=C(Nc1ccc(Cl)c(Cl)c1)OC(Nc1nc2ccccc2s1)C(Cl)(Cl)Cl. The average molecular weight is 486 g/mol. The van der Waals surface area contributed by atoms with Gasteiger partial charge in [-0.2, -0.15) is 0 Å². The number of carbonyl (C=O) groups is 1. The molecule has 0 radical (unpaired) electrons. The molecule has 0 saturated heterocycles. The molecular weight excluding hydrogens is 476 g/mol. The fourth-order valence-corrected chi connectivity index (χ4v) is 3.53. The van der Waals surface area contributed by atoms with Crippen LogP contribution >= 0.6 is 69.3 Å². The molecule has 1 atom stereocenters. The molecule has 3 aromatic rings. The number of nitrogens with zero attached hydrogens (tertiary/aromatic N) is 1. The van der Waals surface area contributed by atoms with E-state index in [-0.39, 0.29) is 5.02 Å². The van der Waals surface area contributed by atoms with Crippen molar-refractivity contribution in [3.8, 4) is 0 Å². The normalized spacial score (nSPS) is 12.6. The minimum atomic E-state index is -1.94. The number of thiazole rings is 1. The molecule has 0 spiro atoms. The highest BCUT2D eigenvalue weighted by molar-refractivity contribution is 7.22. The van der Waals surface area contributed by atoms with Crippen molar-refractivity contribution in [2.24, 2.45) is 0 Å². The molecule has 2 aromatic carbocycles. The Kier molecular flexibility index (Phi) is 6.46. The van der Waals surface area contributed by atoms with Gasteiger partial charge in [0.05, 0.1) is 20.3 Å². The summed E-state index contributed by atoms with van der Waals surface area (Å²) in [6, 6.07) is 12.1. The van der Waals surface area contributed by atoms with Crippen molar-refractivity contribution in [1.82, 2.24) is 4.98 Å². The lowest BCUT2D eigenvalue weighted by Gasteiger charge is -2.25. The second-order valence-electron chi connectivity index (χ2n) is 5.21. The Morgan fingerprint density at radius 1 is 1.11 bits per heavy atom. The van der Waals surface area contributed by atoms with Gasteiger partial charge >= 0.3 is 6.09 Å². The molecule has 11 heteroatoms. The molecule has 0 aliphatic heterocycles. The van der Waals surface area contributed by atoms with Gasteiger partial charge in [-0.3, -0.25) is 5.32 Å². The number of halogens is 5. The second kappa shape index (κ2) is 8.47. The molecule has 5 nitrogen and oxygen atoms in total. The van der Waals surface area contributed by atoms with E-state index < -0.39 is 16.1 Å². The molecule has 0 aliphatic rings. The fraction of sp³-hybridized carbons (Fsp3) is 0.125. The average Bonchev–Trinajstić information content (AvgIpc) is 2.99. The number of hydrogen-bond donors (Lipinski definition) is 2. The third-order valence-corrected chi connectivity index (χ3v) is 5.54. The van der Waals surface area contributed by atoms with Gasteiger partial charge in [-0.05, 0) is 30.3 Å². The predicted molar refractivity (Wildman–Crippen MR) is 114 cm³/mol. The Morgan fingerprint density at radius 3 is 2.52 bits per heavy atom. The van der Waals surface area contributed by atoms with E-state index in [1.54, 1.807) is 6.07 Å². The number of carbonyl (C=O) groups excluding carboxylic acids is 1. The van der Waals surface area contributed by atoms with Crippen LogP contribution in [0.4, 0.5) is 15.6 Å². The highest BCUT2D eigenvalue weighted by atomic mass is 35.6. The van der Waals surface area contributed by atoms with E-state index >= 15 is 0 Å². The van der Waals surface area contributed by atoms with Gasteiger partial charge in [-0.25, -0.2) is 9.78 Å². The molecule has 1 amide bonds. The third kappa shape index (κ3) is 5.44. The van der Waals surface area contributed by atoms with Crippen LogP contribution in [0.25, 0.3) is 10.2 Å². The number of alkyl halides is 3. The smallest absolute Gasteiger partial charge is 0.413 e. The molecule has 1 unspecified atom stereocenters. The molecule has 0 aliphatic carbocycles. The highest BCUT2D eigenvalue weighted by Gasteiger charge is 2.37. The molecule has 1 heterocycles. The number of para-hydroxylation sites is 1. The number of benzene rings is 2. The Balaban J connectivity index is 1.72. The lowest BCUT2D eigenvalue weighted by molar-refractivity contribution is 0.126. The van der Waals surface area contributed by atoms with E-state index in [4.69, 9.17) is 62.7 Å². The van der Waals surface area contributed by atoms with E-state index in [1.165, 1.54) is 23.5 Å². The van der Waals surface area contributed by atoms with Gasteiger partial charge in [0.2, 0.25) is 10.0 Å². The lowest BCUT2D eigenvalue weighted by atomic mass is 10.3. The van der Waals surface area contributed by atoms with Crippen LogP contribution < -0.4 is 10.6 Å². The summed E-state index contributed by atoms with van der Waals surface area (Å²) in [6.45, 7) is 0. The summed E-state index contributed by atoms with van der Waals surface area (Å²) in [5.41, 5.74) is 1.14. The first kappa shape index (κ1) is 20.6. The van der Waals surface area contributed by atoms with Crippen LogP contribution in [-0.4, -0.2) is 21.1 Å². The monoisotopic (exact) mass is 483 g/mol. The maximum absolute atomic E-state index is 12.2. The molecule has 0 fully saturated rings. The Morgan fingerprint density at radius 2 is 1.85 bits per heavy atom. The van der Waals surface area contributed by atoms with Crippen molar-refractivity contribution in [2.45, 2.75) is 10.0 Å². The summed E-state index contributed by atoms with van der Waals surface area (Å²) in [6.07, 6.45) is -2.14. The van der Waals surface area contributed by atoms with Crippen molar-refractivity contribution in [1.29, 1.82) is 0 Å². The molecule has 27 heavy (non-hydrogen) atoms. The van der Waals surface area contributed by atoms with Crippen molar-refractivity contribution < 1.29 is 9.53 Å². The zero-order valence-corrected chi connectivity index (χ0v) is 17.8. The van der Waals surface area contributed by atoms with Crippen LogP contribution in [0.5, 0.6) is 0 Å². The minimum Gasteiger partial charge on any atom is -0.421 e.